The number of hydrogen-bond donors (Lipinski definition) is 3. The number of phenols is 1. The predicted molar refractivity (Wildman–Crippen MR) is 100 cm³/mol. The van der Waals surface area contributed by atoms with E-state index in [1.807, 2.05) is 0 Å². The Labute approximate surface area is 193 Å². The van der Waals surface area contributed by atoms with E-state index in [0.29, 0.717) is 11.8 Å². The number of hydrogen-bond acceptors (Lipinski definition) is 9. The summed E-state index contributed by atoms with van der Waals surface area (Å²) >= 11 is 0. The number of aromatic hydroxyl groups is 1. The quantitative estimate of drug-likeness (QED) is 0.229. The standard InChI is InChI=1S/C17H14N2O8S2.Na/c18-11-3-1-9(2-4-11)17(21)19-14-7-12(28(22,23)24)5-10-6-13(29(25,26)27)8-15(20)16(10)14;/h1-8,20H,18H2,(H,19,21)(H,22,23,24)(H,25,26,27);/q;+1/p-2. The topological polar surface area (TPSA) is 190 Å². The molecule has 0 fully saturated rings. The van der Waals surface area contributed by atoms with E-state index in [1.165, 1.54) is 24.3 Å². The third-order valence-corrected chi connectivity index (χ3v) is 5.60. The fourth-order valence-electron chi connectivity index (χ4n) is 2.65. The van der Waals surface area contributed by atoms with Crippen LogP contribution in [0.1, 0.15) is 10.4 Å². The molecule has 4 N–H and O–H groups in total. The Morgan fingerprint density at radius 3 is 1.90 bits per heavy atom. The monoisotopic (exact) mass is 459 g/mol. The van der Waals surface area contributed by atoms with E-state index in [4.69, 9.17) is 5.73 Å². The maximum Gasteiger partial charge on any atom is 1.00 e. The van der Waals surface area contributed by atoms with Gasteiger partial charge in [0.15, 0.2) is 0 Å². The normalized spacial score (nSPS) is 11.7. The number of amides is 1. The van der Waals surface area contributed by atoms with E-state index in [9.17, 15) is 35.8 Å². The van der Waals surface area contributed by atoms with Gasteiger partial charge in [0, 0.05) is 16.6 Å². The Hall–Kier alpha value is -2.19. The van der Waals surface area contributed by atoms with Gasteiger partial charge in [-0.25, -0.2) is 16.8 Å². The number of carbonyl (C=O) groups is 1. The zero-order chi connectivity index (χ0) is 21.6. The molecule has 3 rings (SSSR count). The van der Waals surface area contributed by atoms with E-state index < -0.39 is 41.7 Å². The van der Waals surface area contributed by atoms with Gasteiger partial charge >= 0.3 is 29.6 Å². The summed E-state index contributed by atoms with van der Waals surface area (Å²) in [5.74, 6) is -1.42. The van der Waals surface area contributed by atoms with Crippen LogP contribution in [0.15, 0.2) is 58.3 Å². The number of anilines is 2. The molecule has 0 bridgehead atoms. The number of nitrogens with two attached hydrogens (primary N) is 1. The second kappa shape index (κ2) is 8.51. The molecule has 0 unspecified atom stereocenters. The number of nitrogens with one attached hydrogen (secondary N) is 1. The van der Waals surface area contributed by atoms with Crippen molar-refractivity contribution < 1.29 is 65.4 Å². The van der Waals surface area contributed by atoms with Crippen LogP contribution in [0.2, 0.25) is 0 Å². The van der Waals surface area contributed by atoms with E-state index in [0.717, 1.165) is 18.2 Å². The minimum atomic E-state index is -5.01. The third-order valence-electron chi connectivity index (χ3n) is 3.97. The molecule has 0 heterocycles. The zero-order valence-electron chi connectivity index (χ0n) is 15.3. The molecule has 3 aromatic carbocycles. The molecule has 1 amide bonds. The smallest absolute Gasteiger partial charge is 0.744 e. The Morgan fingerprint density at radius 1 is 0.900 bits per heavy atom. The molecule has 0 aliphatic carbocycles. The molecule has 0 aromatic heterocycles. The molecule has 13 heteroatoms. The molecule has 0 radical (unpaired) electrons. The first-order valence-corrected chi connectivity index (χ1v) is 10.6. The Kier molecular flexibility index (Phi) is 6.83. The summed E-state index contributed by atoms with van der Waals surface area (Å²) in [5, 5.41) is 12.2. The molecule has 0 aliphatic rings. The predicted octanol–water partition coefficient (Wildman–Crippen LogP) is -1.81. The number of phenolic OH excluding ortho intramolecular Hbond substituents is 1. The van der Waals surface area contributed by atoms with Crippen LogP contribution in [0.5, 0.6) is 5.75 Å². The first-order chi connectivity index (χ1) is 13.4. The summed E-state index contributed by atoms with van der Waals surface area (Å²) < 4.78 is 68.2. The third kappa shape index (κ3) is 5.10. The summed E-state index contributed by atoms with van der Waals surface area (Å²) in [6, 6.07) is 8.77. The van der Waals surface area contributed by atoms with Crippen molar-refractivity contribution in [1.82, 2.24) is 0 Å². The van der Waals surface area contributed by atoms with Crippen molar-refractivity contribution in [2.45, 2.75) is 9.79 Å². The van der Waals surface area contributed by atoms with Crippen LogP contribution < -0.4 is 40.6 Å². The van der Waals surface area contributed by atoms with Crippen LogP contribution in [0.4, 0.5) is 11.4 Å². The number of rotatable bonds is 4. The van der Waals surface area contributed by atoms with Crippen molar-refractivity contribution in [1.29, 1.82) is 0 Å². The van der Waals surface area contributed by atoms with E-state index in [-0.39, 0.29) is 51.6 Å². The van der Waals surface area contributed by atoms with Crippen molar-refractivity contribution in [3.8, 4) is 5.75 Å². The number of fused-ring (bicyclic) bond motifs is 1. The van der Waals surface area contributed by atoms with Crippen molar-refractivity contribution in [3.63, 3.8) is 0 Å². The molecule has 3 aromatic rings. The van der Waals surface area contributed by atoms with Crippen molar-refractivity contribution >= 4 is 48.3 Å². The number of nitrogen functional groups attached to an aromatic ring is 1. The van der Waals surface area contributed by atoms with E-state index >= 15 is 0 Å². The largest absolute Gasteiger partial charge is 1.00 e. The first-order valence-electron chi connectivity index (χ1n) is 7.76. The molecular formula is C17H12N2NaO8S2-. The fraction of sp³-hybridized carbons (Fsp3) is 0. The molecule has 152 valence electrons. The molecule has 0 aliphatic heterocycles. The van der Waals surface area contributed by atoms with Crippen LogP contribution in [0.25, 0.3) is 10.8 Å². The summed E-state index contributed by atoms with van der Waals surface area (Å²) in [4.78, 5) is 10.8. The van der Waals surface area contributed by atoms with Gasteiger partial charge in [-0.3, -0.25) is 4.79 Å². The molecule has 0 saturated carbocycles. The van der Waals surface area contributed by atoms with Crippen LogP contribution in [-0.4, -0.2) is 37.0 Å². The summed E-state index contributed by atoms with van der Waals surface area (Å²) in [5.41, 5.74) is 5.82. The van der Waals surface area contributed by atoms with E-state index in [1.54, 1.807) is 0 Å². The SMILES string of the molecule is Nc1ccc(C(=O)Nc2cc(S(=O)(=O)[O-])cc3cc(S(=O)(=O)[O-])cc(O)c23)cc1.[Na+]. The Bertz CT molecular complexity index is 1350. The van der Waals surface area contributed by atoms with Gasteiger partial charge in [-0.05, 0) is 53.9 Å². The van der Waals surface area contributed by atoms with Crippen molar-refractivity contribution in [2.24, 2.45) is 0 Å². The first kappa shape index (κ1) is 24.1. The van der Waals surface area contributed by atoms with E-state index in [2.05, 4.69) is 5.32 Å². The second-order valence-corrected chi connectivity index (χ2v) is 8.76. The maximum atomic E-state index is 12.5. The Balaban J connectivity index is 0.00000320. The average Bonchev–Trinajstić information content (AvgIpc) is 2.60. The molecule has 10 nitrogen and oxygen atoms in total. The number of carbonyl (C=O) groups excluding carboxylic acids is 1. The molecule has 0 saturated heterocycles. The van der Waals surface area contributed by atoms with Gasteiger partial charge < -0.3 is 25.3 Å². The van der Waals surface area contributed by atoms with Crippen molar-refractivity contribution in [2.75, 3.05) is 11.1 Å². The van der Waals surface area contributed by atoms with Gasteiger partial charge in [0.2, 0.25) is 0 Å². The average molecular weight is 459 g/mol. The fourth-order valence-corrected chi connectivity index (χ4v) is 3.72. The number of benzene rings is 3. The second-order valence-electron chi connectivity index (χ2n) is 6.00. The maximum absolute atomic E-state index is 12.5. The molecular weight excluding hydrogens is 447 g/mol. The van der Waals surface area contributed by atoms with Crippen LogP contribution in [-0.2, 0) is 20.2 Å². The van der Waals surface area contributed by atoms with Crippen LogP contribution >= 0.6 is 0 Å². The zero-order valence-corrected chi connectivity index (χ0v) is 19.0. The summed E-state index contributed by atoms with van der Waals surface area (Å²) in [6.45, 7) is 0. The minimum absolute atomic E-state index is 0. The molecule has 0 atom stereocenters. The molecule has 30 heavy (non-hydrogen) atoms. The van der Waals surface area contributed by atoms with Gasteiger partial charge in [-0.1, -0.05) is 0 Å². The van der Waals surface area contributed by atoms with Gasteiger partial charge in [0.05, 0.1) is 15.5 Å². The summed E-state index contributed by atoms with van der Waals surface area (Å²) in [6.07, 6.45) is 0. The van der Waals surface area contributed by atoms with Crippen LogP contribution in [0, 0.1) is 0 Å². The van der Waals surface area contributed by atoms with Crippen molar-refractivity contribution in [3.05, 3.63) is 54.1 Å². The van der Waals surface area contributed by atoms with Gasteiger partial charge in [-0.2, -0.15) is 0 Å². The van der Waals surface area contributed by atoms with Crippen LogP contribution in [0.3, 0.4) is 0 Å². The van der Waals surface area contributed by atoms with Gasteiger partial charge in [0.25, 0.3) is 5.91 Å². The summed E-state index contributed by atoms with van der Waals surface area (Å²) in [7, 11) is -10.00. The Morgan fingerprint density at radius 2 is 1.40 bits per heavy atom. The molecule has 0 spiro atoms. The van der Waals surface area contributed by atoms with Gasteiger partial charge in [-0.15, -0.1) is 0 Å². The minimum Gasteiger partial charge on any atom is -0.744 e. The van der Waals surface area contributed by atoms with Gasteiger partial charge in [0.1, 0.15) is 26.0 Å².